The van der Waals surface area contributed by atoms with Gasteiger partial charge in [0.15, 0.2) is 0 Å². The van der Waals surface area contributed by atoms with Gasteiger partial charge in [0.1, 0.15) is 6.67 Å². The highest BCUT2D eigenvalue weighted by atomic mass is 16.4. The Labute approximate surface area is 121 Å². The first-order valence-corrected chi connectivity index (χ1v) is 6.45. The fourth-order valence-electron chi connectivity index (χ4n) is 2.34. The third kappa shape index (κ3) is 2.27. The maximum Gasteiger partial charge on any atom is 0.220 e. The molecule has 0 aromatic heterocycles. The number of amidine groups is 2. The quantitative estimate of drug-likeness (QED) is 0.656. The first-order valence-electron chi connectivity index (χ1n) is 6.45. The molecule has 2 aromatic rings. The molecule has 0 amide bonds. The average molecular weight is 282 g/mol. The van der Waals surface area contributed by atoms with E-state index in [2.05, 4.69) is 10.3 Å². The second-order valence-corrected chi connectivity index (χ2v) is 4.52. The molecule has 0 saturated carbocycles. The number of hydrogen-bond acceptors (Lipinski definition) is 4. The van der Waals surface area contributed by atoms with E-state index in [1.165, 1.54) is 0 Å². The Balaban J connectivity index is 2.02. The number of hydrogen-bond donors (Lipinski definition) is 2. The van der Waals surface area contributed by atoms with Gasteiger partial charge in [-0.25, -0.2) is 0 Å². The molecule has 21 heavy (non-hydrogen) atoms. The van der Waals surface area contributed by atoms with E-state index in [4.69, 9.17) is 0 Å². The summed E-state index contributed by atoms with van der Waals surface area (Å²) in [6.45, 7) is 0.396. The summed E-state index contributed by atoms with van der Waals surface area (Å²) < 4.78 is 0. The number of oxime groups is 2. The summed E-state index contributed by atoms with van der Waals surface area (Å²) in [5.41, 5.74) is 1.70. The van der Waals surface area contributed by atoms with Gasteiger partial charge in [-0.1, -0.05) is 46.7 Å². The zero-order chi connectivity index (χ0) is 14.7. The van der Waals surface area contributed by atoms with Crippen molar-refractivity contribution in [1.82, 2.24) is 0 Å². The molecule has 106 valence electrons. The minimum Gasteiger partial charge on any atom is -0.409 e. The monoisotopic (exact) mass is 282 g/mol. The van der Waals surface area contributed by atoms with Crippen LogP contribution in [0.15, 0.2) is 71.0 Å². The van der Waals surface area contributed by atoms with E-state index in [-0.39, 0.29) is 11.7 Å². The molecular weight excluding hydrogens is 268 g/mol. The molecule has 1 saturated heterocycles. The molecule has 2 N–H and O–H groups in total. The summed E-state index contributed by atoms with van der Waals surface area (Å²) in [6.07, 6.45) is 0. The van der Waals surface area contributed by atoms with Gasteiger partial charge in [-0.3, -0.25) is 0 Å². The SMILES string of the molecule is O/N=C1/C(=N/O)N(c2ccccc2)CN1c1ccccc1. The predicted octanol–water partition coefficient (Wildman–Crippen LogP) is 2.55. The summed E-state index contributed by atoms with van der Waals surface area (Å²) in [4.78, 5) is 3.53. The van der Waals surface area contributed by atoms with E-state index in [0.717, 1.165) is 11.4 Å². The van der Waals surface area contributed by atoms with E-state index in [1.54, 1.807) is 9.80 Å². The molecule has 3 rings (SSSR count). The molecular formula is C15H14N4O2. The van der Waals surface area contributed by atoms with Gasteiger partial charge in [0.05, 0.1) is 0 Å². The third-order valence-corrected chi connectivity index (χ3v) is 3.32. The molecule has 0 aliphatic carbocycles. The van der Waals surface area contributed by atoms with E-state index in [9.17, 15) is 10.4 Å². The molecule has 0 radical (unpaired) electrons. The lowest BCUT2D eigenvalue weighted by Gasteiger charge is -2.19. The highest BCUT2D eigenvalue weighted by Gasteiger charge is 2.35. The van der Waals surface area contributed by atoms with Crippen molar-refractivity contribution in [3.63, 3.8) is 0 Å². The van der Waals surface area contributed by atoms with Crippen LogP contribution in [0, 0.1) is 0 Å². The van der Waals surface area contributed by atoms with E-state index < -0.39 is 0 Å². The second-order valence-electron chi connectivity index (χ2n) is 4.52. The van der Waals surface area contributed by atoms with Gasteiger partial charge in [0.25, 0.3) is 0 Å². The third-order valence-electron chi connectivity index (χ3n) is 3.32. The number of anilines is 2. The predicted molar refractivity (Wildman–Crippen MR) is 81.2 cm³/mol. The van der Waals surface area contributed by atoms with Crippen LogP contribution in [0.5, 0.6) is 0 Å². The van der Waals surface area contributed by atoms with Crippen LogP contribution in [0.4, 0.5) is 11.4 Å². The van der Waals surface area contributed by atoms with Gasteiger partial charge in [0.2, 0.25) is 11.7 Å². The van der Waals surface area contributed by atoms with Crippen LogP contribution in [0.25, 0.3) is 0 Å². The molecule has 6 nitrogen and oxygen atoms in total. The fraction of sp³-hybridized carbons (Fsp3) is 0.0667. The average Bonchev–Trinajstić information content (AvgIpc) is 2.95. The van der Waals surface area contributed by atoms with Crippen LogP contribution < -0.4 is 9.80 Å². The minimum absolute atomic E-state index is 0.201. The van der Waals surface area contributed by atoms with Gasteiger partial charge < -0.3 is 20.2 Å². The molecule has 0 spiro atoms. The number of para-hydroxylation sites is 2. The first kappa shape index (κ1) is 13.0. The van der Waals surface area contributed by atoms with E-state index >= 15 is 0 Å². The lowest BCUT2D eigenvalue weighted by atomic mass is 10.3. The van der Waals surface area contributed by atoms with E-state index in [0.29, 0.717) is 6.67 Å². The summed E-state index contributed by atoms with van der Waals surface area (Å²) in [7, 11) is 0. The Morgan fingerprint density at radius 1 is 0.667 bits per heavy atom. The highest BCUT2D eigenvalue weighted by molar-refractivity contribution is 6.52. The van der Waals surface area contributed by atoms with Gasteiger partial charge in [-0.15, -0.1) is 0 Å². The van der Waals surface area contributed by atoms with Crippen molar-refractivity contribution in [2.75, 3.05) is 16.5 Å². The zero-order valence-corrected chi connectivity index (χ0v) is 11.2. The topological polar surface area (TPSA) is 71.7 Å². The van der Waals surface area contributed by atoms with Gasteiger partial charge in [-0.05, 0) is 24.3 Å². The number of benzene rings is 2. The summed E-state index contributed by atoms with van der Waals surface area (Å²) in [5, 5.41) is 25.2. The Morgan fingerprint density at radius 3 is 1.38 bits per heavy atom. The molecule has 0 bridgehead atoms. The second kappa shape index (κ2) is 5.54. The smallest absolute Gasteiger partial charge is 0.220 e. The molecule has 6 heteroatoms. The molecule has 0 unspecified atom stereocenters. The minimum atomic E-state index is 0.201. The Hall–Kier alpha value is -3.02. The van der Waals surface area contributed by atoms with Crippen molar-refractivity contribution in [1.29, 1.82) is 0 Å². The normalized spacial score (nSPS) is 18.7. The van der Waals surface area contributed by atoms with Gasteiger partial charge >= 0.3 is 0 Å². The van der Waals surface area contributed by atoms with Gasteiger partial charge in [-0.2, -0.15) is 0 Å². The van der Waals surface area contributed by atoms with Crippen molar-refractivity contribution < 1.29 is 10.4 Å². The summed E-state index contributed by atoms with van der Waals surface area (Å²) >= 11 is 0. The van der Waals surface area contributed by atoms with Crippen LogP contribution in [0.2, 0.25) is 0 Å². The number of rotatable bonds is 2. The number of nitrogens with zero attached hydrogens (tertiary/aromatic N) is 4. The van der Waals surface area contributed by atoms with Crippen LogP contribution in [-0.4, -0.2) is 28.8 Å². The molecule has 1 aliphatic rings. The van der Waals surface area contributed by atoms with Crippen LogP contribution >= 0.6 is 0 Å². The fourth-order valence-corrected chi connectivity index (χ4v) is 2.34. The maximum atomic E-state index is 9.29. The summed E-state index contributed by atoms with van der Waals surface area (Å²) in [5.74, 6) is 0.403. The lowest BCUT2D eigenvalue weighted by molar-refractivity contribution is 0.314. The molecule has 1 fully saturated rings. The van der Waals surface area contributed by atoms with Crippen LogP contribution in [-0.2, 0) is 0 Å². The Bertz CT molecular complexity index is 611. The van der Waals surface area contributed by atoms with Crippen molar-refractivity contribution in [3.8, 4) is 0 Å². The van der Waals surface area contributed by atoms with Crippen molar-refractivity contribution in [2.24, 2.45) is 10.3 Å². The van der Waals surface area contributed by atoms with Crippen molar-refractivity contribution in [3.05, 3.63) is 60.7 Å². The van der Waals surface area contributed by atoms with Crippen molar-refractivity contribution >= 4 is 23.0 Å². The Morgan fingerprint density at radius 2 is 1.05 bits per heavy atom. The summed E-state index contributed by atoms with van der Waals surface area (Å²) in [6, 6.07) is 19.0. The molecule has 1 aliphatic heterocycles. The first-order chi connectivity index (χ1) is 10.3. The highest BCUT2D eigenvalue weighted by Crippen LogP contribution is 2.25. The van der Waals surface area contributed by atoms with Crippen LogP contribution in [0.1, 0.15) is 0 Å². The standard InChI is InChI=1S/C15H14N4O2/c20-16-14-15(17-21)19(13-9-5-2-6-10-13)11-18(14)12-7-3-1-4-8-12/h1-10,20-21H,11H2/b16-14-,17-15-. The molecule has 0 atom stereocenters. The van der Waals surface area contributed by atoms with Crippen LogP contribution in [0.3, 0.4) is 0 Å². The molecule has 1 heterocycles. The van der Waals surface area contributed by atoms with E-state index in [1.807, 2.05) is 60.7 Å². The van der Waals surface area contributed by atoms with Crippen molar-refractivity contribution in [2.45, 2.75) is 0 Å². The molecule has 2 aromatic carbocycles. The lowest BCUT2D eigenvalue weighted by Crippen LogP contribution is -2.27. The zero-order valence-electron chi connectivity index (χ0n) is 11.2. The largest absolute Gasteiger partial charge is 0.409 e. The maximum absolute atomic E-state index is 9.29. The Kier molecular flexibility index (Phi) is 3.42. The van der Waals surface area contributed by atoms with Gasteiger partial charge in [0, 0.05) is 11.4 Å².